The molecule has 0 aliphatic heterocycles. The van der Waals surface area contributed by atoms with Crippen LogP contribution in [0.3, 0.4) is 0 Å². The van der Waals surface area contributed by atoms with Crippen molar-refractivity contribution < 1.29 is 9.84 Å². The monoisotopic (exact) mass is 263 g/mol. The zero-order chi connectivity index (χ0) is 13.7. The van der Waals surface area contributed by atoms with Gasteiger partial charge in [0.05, 0.1) is 12.7 Å². The summed E-state index contributed by atoms with van der Waals surface area (Å²) in [5.74, 6) is 0. The van der Waals surface area contributed by atoms with Crippen molar-refractivity contribution in [2.75, 3.05) is 20.3 Å². The summed E-state index contributed by atoms with van der Waals surface area (Å²) < 4.78 is 5.21. The molecule has 3 nitrogen and oxygen atoms in total. The fourth-order valence-electron chi connectivity index (χ4n) is 2.73. The Bertz CT molecular complexity index is 364. The molecule has 1 aliphatic carbocycles. The Morgan fingerprint density at radius 1 is 1.32 bits per heavy atom. The summed E-state index contributed by atoms with van der Waals surface area (Å²) in [5, 5.41) is 10.6. The van der Waals surface area contributed by atoms with E-state index in [4.69, 9.17) is 4.74 Å². The highest BCUT2D eigenvalue weighted by molar-refractivity contribution is 5.19. The molecule has 1 saturated carbocycles. The van der Waals surface area contributed by atoms with E-state index < -0.39 is 6.10 Å². The van der Waals surface area contributed by atoms with Gasteiger partial charge in [-0.15, -0.1) is 0 Å². The van der Waals surface area contributed by atoms with Crippen LogP contribution in [0.2, 0.25) is 0 Å². The van der Waals surface area contributed by atoms with Crippen LogP contribution in [0, 0.1) is 0 Å². The third-order valence-corrected chi connectivity index (χ3v) is 3.92. The molecule has 0 bridgehead atoms. The van der Waals surface area contributed by atoms with E-state index >= 15 is 0 Å². The average molecular weight is 263 g/mol. The zero-order valence-corrected chi connectivity index (χ0v) is 12.0. The van der Waals surface area contributed by atoms with E-state index in [1.165, 1.54) is 12.8 Å². The zero-order valence-electron chi connectivity index (χ0n) is 12.0. The first kappa shape index (κ1) is 14.5. The van der Waals surface area contributed by atoms with Crippen LogP contribution in [-0.2, 0) is 4.74 Å². The lowest BCUT2D eigenvalue weighted by Crippen LogP contribution is -2.42. The molecule has 2 atom stereocenters. The van der Waals surface area contributed by atoms with Gasteiger partial charge >= 0.3 is 0 Å². The second kappa shape index (κ2) is 7.04. The van der Waals surface area contributed by atoms with Gasteiger partial charge in [-0.3, -0.25) is 4.90 Å². The van der Waals surface area contributed by atoms with E-state index in [1.807, 2.05) is 30.3 Å². The second-order valence-corrected chi connectivity index (χ2v) is 5.29. The first-order chi connectivity index (χ1) is 9.27. The summed E-state index contributed by atoms with van der Waals surface area (Å²) in [5.41, 5.74) is 1.01. The number of hydrogen-bond donors (Lipinski definition) is 1. The standard InChI is InChI=1S/C16H25NO2/c1-3-15(16(18)13-7-5-4-6-8-13)17(11-12-19-2)14-9-10-14/h4-8,14-16,18H,3,9-12H2,1-2H3. The van der Waals surface area contributed by atoms with E-state index in [9.17, 15) is 5.11 Å². The minimum absolute atomic E-state index is 0.185. The van der Waals surface area contributed by atoms with Crippen LogP contribution in [-0.4, -0.2) is 42.4 Å². The molecule has 0 radical (unpaired) electrons. The Hall–Kier alpha value is -0.900. The van der Waals surface area contributed by atoms with Crippen LogP contribution in [0.4, 0.5) is 0 Å². The van der Waals surface area contributed by atoms with Gasteiger partial charge in [0.2, 0.25) is 0 Å². The van der Waals surface area contributed by atoms with Crippen molar-refractivity contribution in [1.29, 1.82) is 0 Å². The molecule has 2 unspecified atom stereocenters. The van der Waals surface area contributed by atoms with Crippen molar-refractivity contribution in [1.82, 2.24) is 4.90 Å². The lowest BCUT2D eigenvalue weighted by atomic mass is 9.98. The topological polar surface area (TPSA) is 32.7 Å². The number of rotatable bonds is 8. The smallest absolute Gasteiger partial charge is 0.0945 e. The van der Waals surface area contributed by atoms with E-state index in [-0.39, 0.29) is 6.04 Å². The number of benzene rings is 1. The fourth-order valence-corrected chi connectivity index (χ4v) is 2.73. The van der Waals surface area contributed by atoms with E-state index in [0.717, 1.165) is 25.1 Å². The van der Waals surface area contributed by atoms with E-state index in [2.05, 4.69) is 11.8 Å². The lowest BCUT2D eigenvalue weighted by molar-refractivity contribution is 0.0259. The van der Waals surface area contributed by atoms with Gasteiger partial charge in [-0.2, -0.15) is 0 Å². The molecule has 1 aromatic carbocycles. The Kier molecular flexibility index (Phi) is 5.37. The summed E-state index contributed by atoms with van der Waals surface area (Å²) >= 11 is 0. The quantitative estimate of drug-likeness (QED) is 0.782. The number of ether oxygens (including phenoxy) is 1. The molecule has 1 fully saturated rings. The van der Waals surface area contributed by atoms with Gasteiger partial charge in [-0.05, 0) is 24.8 Å². The summed E-state index contributed by atoms with van der Waals surface area (Å²) in [7, 11) is 1.74. The Morgan fingerprint density at radius 2 is 2.00 bits per heavy atom. The molecular weight excluding hydrogens is 238 g/mol. The van der Waals surface area contributed by atoms with E-state index in [0.29, 0.717) is 6.04 Å². The predicted molar refractivity (Wildman–Crippen MR) is 77.1 cm³/mol. The predicted octanol–water partition coefficient (Wildman–Crippen LogP) is 2.61. The molecule has 1 aromatic rings. The van der Waals surface area contributed by atoms with Crippen molar-refractivity contribution in [3.63, 3.8) is 0 Å². The van der Waals surface area contributed by atoms with Gasteiger partial charge in [0.25, 0.3) is 0 Å². The molecular formula is C16H25NO2. The van der Waals surface area contributed by atoms with Crippen LogP contribution < -0.4 is 0 Å². The summed E-state index contributed by atoms with van der Waals surface area (Å²) in [4.78, 5) is 2.43. The number of nitrogens with zero attached hydrogens (tertiary/aromatic N) is 1. The molecule has 0 spiro atoms. The molecule has 0 amide bonds. The maximum Gasteiger partial charge on any atom is 0.0945 e. The highest BCUT2D eigenvalue weighted by atomic mass is 16.5. The Balaban J connectivity index is 2.08. The van der Waals surface area contributed by atoms with Gasteiger partial charge in [-0.1, -0.05) is 37.3 Å². The average Bonchev–Trinajstić information content (AvgIpc) is 3.28. The van der Waals surface area contributed by atoms with Crippen LogP contribution >= 0.6 is 0 Å². The van der Waals surface area contributed by atoms with Gasteiger partial charge in [0.1, 0.15) is 0 Å². The first-order valence-electron chi connectivity index (χ1n) is 7.25. The molecule has 0 saturated heterocycles. The van der Waals surface area contributed by atoms with Crippen LogP contribution in [0.15, 0.2) is 30.3 Å². The van der Waals surface area contributed by atoms with Crippen molar-refractivity contribution in [2.24, 2.45) is 0 Å². The minimum Gasteiger partial charge on any atom is -0.387 e. The van der Waals surface area contributed by atoms with Crippen molar-refractivity contribution >= 4 is 0 Å². The highest BCUT2D eigenvalue weighted by Gasteiger charge is 2.36. The van der Waals surface area contributed by atoms with Gasteiger partial charge in [0, 0.05) is 25.7 Å². The Morgan fingerprint density at radius 3 is 2.53 bits per heavy atom. The summed E-state index contributed by atoms with van der Waals surface area (Å²) in [6, 6.07) is 10.8. The molecule has 0 heterocycles. The minimum atomic E-state index is -0.413. The SMILES string of the molecule is CCC(C(O)c1ccccc1)N(CCOC)C1CC1. The number of hydrogen-bond acceptors (Lipinski definition) is 3. The number of methoxy groups -OCH3 is 1. The number of aliphatic hydroxyl groups is 1. The van der Waals surface area contributed by atoms with Crippen molar-refractivity contribution in [2.45, 2.75) is 44.4 Å². The van der Waals surface area contributed by atoms with Gasteiger partial charge < -0.3 is 9.84 Å². The van der Waals surface area contributed by atoms with Crippen molar-refractivity contribution in [3.8, 4) is 0 Å². The van der Waals surface area contributed by atoms with Crippen LogP contribution in [0.1, 0.15) is 37.9 Å². The third-order valence-electron chi connectivity index (χ3n) is 3.92. The lowest BCUT2D eigenvalue weighted by Gasteiger charge is -2.34. The molecule has 3 heteroatoms. The fraction of sp³-hybridized carbons (Fsp3) is 0.625. The molecule has 0 aromatic heterocycles. The maximum atomic E-state index is 10.6. The largest absolute Gasteiger partial charge is 0.387 e. The molecule has 1 N–H and O–H groups in total. The van der Waals surface area contributed by atoms with Crippen LogP contribution in [0.5, 0.6) is 0 Å². The number of aliphatic hydroxyl groups excluding tert-OH is 1. The summed E-state index contributed by atoms with van der Waals surface area (Å²) in [6.07, 6.45) is 3.04. The van der Waals surface area contributed by atoms with Gasteiger partial charge in [0.15, 0.2) is 0 Å². The highest BCUT2D eigenvalue weighted by Crippen LogP contribution is 2.33. The third kappa shape index (κ3) is 3.78. The van der Waals surface area contributed by atoms with Crippen LogP contribution in [0.25, 0.3) is 0 Å². The van der Waals surface area contributed by atoms with Crippen molar-refractivity contribution in [3.05, 3.63) is 35.9 Å². The molecule has 2 rings (SSSR count). The summed E-state index contributed by atoms with van der Waals surface area (Å²) in [6.45, 7) is 3.79. The maximum absolute atomic E-state index is 10.6. The molecule has 1 aliphatic rings. The Labute approximate surface area is 116 Å². The first-order valence-corrected chi connectivity index (χ1v) is 7.25. The second-order valence-electron chi connectivity index (χ2n) is 5.29. The normalized spacial score (nSPS) is 18.5. The van der Waals surface area contributed by atoms with E-state index in [1.54, 1.807) is 7.11 Å². The van der Waals surface area contributed by atoms with Gasteiger partial charge in [-0.25, -0.2) is 0 Å². The molecule has 106 valence electrons. The molecule has 19 heavy (non-hydrogen) atoms.